The molecule has 2 aromatic rings. The highest BCUT2D eigenvalue weighted by Crippen LogP contribution is 2.24. The number of hydrogen-bond acceptors (Lipinski definition) is 5. The van der Waals surface area contributed by atoms with Crippen molar-refractivity contribution < 1.29 is 17.9 Å². The Bertz CT molecular complexity index is 1010. The van der Waals surface area contributed by atoms with Crippen LogP contribution in [0.25, 0.3) is 0 Å². The standard InChI is InChI=1S/C24H33N3O4S/c1-4-5-13-25-32(29,30)22-11-9-21(10-12-22)31-18-24(28)27-16-14-26(15-17-27)23-8-6-7-19(2)20(23)3/h6-12,25H,4-5,13-18H2,1-3H3. The van der Waals surface area contributed by atoms with Crippen LogP contribution in [-0.2, 0) is 14.8 Å². The van der Waals surface area contributed by atoms with Crippen LogP contribution in [-0.4, -0.2) is 58.6 Å². The number of carbonyl (C=O) groups is 1. The predicted octanol–water partition coefficient (Wildman–Crippen LogP) is 3.11. The van der Waals surface area contributed by atoms with Crippen LogP contribution in [0.3, 0.4) is 0 Å². The molecule has 0 spiro atoms. The second-order valence-corrected chi connectivity index (χ2v) is 9.87. The van der Waals surface area contributed by atoms with Gasteiger partial charge in [0.2, 0.25) is 10.0 Å². The van der Waals surface area contributed by atoms with Crippen LogP contribution < -0.4 is 14.4 Å². The fourth-order valence-electron chi connectivity index (χ4n) is 3.69. The molecule has 8 heteroatoms. The molecule has 0 aliphatic carbocycles. The van der Waals surface area contributed by atoms with E-state index in [0.717, 1.165) is 25.9 Å². The van der Waals surface area contributed by atoms with E-state index in [1.807, 2.05) is 11.8 Å². The SMILES string of the molecule is CCCCNS(=O)(=O)c1ccc(OCC(=O)N2CCN(c3cccc(C)c3C)CC2)cc1. The lowest BCUT2D eigenvalue weighted by Crippen LogP contribution is -2.50. The summed E-state index contributed by atoms with van der Waals surface area (Å²) >= 11 is 0. The number of ether oxygens (including phenoxy) is 1. The van der Waals surface area contributed by atoms with Crippen LogP contribution in [0.15, 0.2) is 47.4 Å². The van der Waals surface area contributed by atoms with Gasteiger partial charge < -0.3 is 14.5 Å². The Morgan fingerprint density at radius 3 is 2.38 bits per heavy atom. The Balaban J connectivity index is 1.48. The van der Waals surface area contributed by atoms with Gasteiger partial charge in [0.25, 0.3) is 5.91 Å². The summed E-state index contributed by atoms with van der Waals surface area (Å²) in [5.74, 6) is 0.406. The van der Waals surface area contributed by atoms with Gasteiger partial charge in [0.1, 0.15) is 5.75 Å². The monoisotopic (exact) mass is 459 g/mol. The molecular formula is C24H33N3O4S. The Kier molecular flexibility index (Phi) is 8.15. The van der Waals surface area contributed by atoms with Crippen molar-refractivity contribution in [2.45, 2.75) is 38.5 Å². The number of unbranched alkanes of at least 4 members (excludes halogenated alkanes) is 1. The summed E-state index contributed by atoms with van der Waals surface area (Å²) in [5.41, 5.74) is 3.78. The van der Waals surface area contributed by atoms with Crippen molar-refractivity contribution in [1.29, 1.82) is 0 Å². The van der Waals surface area contributed by atoms with Gasteiger partial charge in [-0.05, 0) is 61.7 Å². The van der Waals surface area contributed by atoms with E-state index >= 15 is 0 Å². The minimum atomic E-state index is -3.52. The summed E-state index contributed by atoms with van der Waals surface area (Å²) in [6.07, 6.45) is 1.71. The number of rotatable bonds is 9. The molecule has 1 aliphatic heterocycles. The first kappa shape index (κ1) is 24.1. The molecule has 1 amide bonds. The van der Waals surface area contributed by atoms with Crippen molar-refractivity contribution in [2.24, 2.45) is 0 Å². The lowest BCUT2D eigenvalue weighted by Gasteiger charge is -2.37. The van der Waals surface area contributed by atoms with Crippen LogP contribution in [0.2, 0.25) is 0 Å². The third-order valence-corrected chi connectivity index (χ3v) is 7.34. The number of carbonyl (C=O) groups excluding carboxylic acids is 1. The quantitative estimate of drug-likeness (QED) is 0.583. The Hall–Kier alpha value is -2.58. The molecule has 2 aromatic carbocycles. The molecular weight excluding hydrogens is 426 g/mol. The number of hydrogen-bond donors (Lipinski definition) is 1. The number of aryl methyl sites for hydroxylation is 1. The number of amides is 1. The van der Waals surface area contributed by atoms with E-state index in [1.54, 1.807) is 12.1 Å². The van der Waals surface area contributed by atoms with Crippen molar-refractivity contribution in [3.63, 3.8) is 0 Å². The molecule has 0 bridgehead atoms. The first-order valence-electron chi connectivity index (χ1n) is 11.1. The second-order valence-electron chi connectivity index (χ2n) is 8.10. The van der Waals surface area contributed by atoms with Gasteiger partial charge in [0.15, 0.2) is 6.61 Å². The van der Waals surface area contributed by atoms with Crippen molar-refractivity contribution in [2.75, 3.05) is 44.2 Å². The molecule has 0 radical (unpaired) electrons. The van der Waals surface area contributed by atoms with Crippen LogP contribution in [0.5, 0.6) is 5.75 Å². The van der Waals surface area contributed by atoms with Crippen molar-refractivity contribution in [3.8, 4) is 5.75 Å². The van der Waals surface area contributed by atoms with Gasteiger partial charge in [-0.3, -0.25) is 4.79 Å². The molecule has 1 heterocycles. The van der Waals surface area contributed by atoms with Gasteiger partial charge in [0, 0.05) is 38.4 Å². The Morgan fingerprint density at radius 2 is 1.72 bits per heavy atom. The third kappa shape index (κ3) is 6.01. The van der Waals surface area contributed by atoms with Gasteiger partial charge in [-0.2, -0.15) is 0 Å². The fourth-order valence-corrected chi connectivity index (χ4v) is 4.77. The maximum atomic E-state index is 12.6. The van der Waals surface area contributed by atoms with Gasteiger partial charge in [-0.1, -0.05) is 25.5 Å². The van der Waals surface area contributed by atoms with Crippen LogP contribution in [0.1, 0.15) is 30.9 Å². The summed E-state index contributed by atoms with van der Waals surface area (Å²) < 4.78 is 32.7. The number of piperazine rings is 1. The van der Waals surface area contributed by atoms with E-state index in [-0.39, 0.29) is 17.4 Å². The van der Waals surface area contributed by atoms with E-state index in [1.165, 1.54) is 28.9 Å². The zero-order chi connectivity index (χ0) is 23.1. The van der Waals surface area contributed by atoms with E-state index in [9.17, 15) is 13.2 Å². The molecule has 174 valence electrons. The number of anilines is 1. The number of nitrogens with one attached hydrogen (secondary N) is 1. The fraction of sp³-hybridized carbons (Fsp3) is 0.458. The Morgan fingerprint density at radius 1 is 1.03 bits per heavy atom. The first-order chi connectivity index (χ1) is 15.3. The summed E-state index contributed by atoms with van der Waals surface area (Å²) in [7, 11) is -3.52. The molecule has 1 saturated heterocycles. The van der Waals surface area contributed by atoms with E-state index < -0.39 is 10.0 Å². The molecule has 0 saturated carbocycles. The lowest BCUT2D eigenvalue weighted by molar-refractivity contribution is -0.133. The highest BCUT2D eigenvalue weighted by atomic mass is 32.2. The van der Waals surface area contributed by atoms with Crippen LogP contribution >= 0.6 is 0 Å². The molecule has 1 N–H and O–H groups in total. The molecule has 0 atom stereocenters. The van der Waals surface area contributed by atoms with Crippen molar-refractivity contribution in [3.05, 3.63) is 53.6 Å². The maximum Gasteiger partial charge on any atom is 0.260 e. The molecule has 0 unspecified atom stereocenters. The Labute approximate surface area is 191 Å². The highest BCUT2D eigenvalue weighted by molar-refractivity contribution is 7.89. The van der Waals surface area contributed by atoms with Crippen LogP contribution in [0, 0.1) is 13.8 Å². The van der Waals surface area contributed by atoms with E-state index in [2.05, 4.69) is 41.7 Å². The molecule has 0 aromatic heterocycles. The second kappa shape index (κ2) is 10.8. The normalized spacial score (nSPS) is 14.5. The predicted molar refractivity (Wildman–Crippen MR) is 127 cm³/mol. The zero-order valence-corrected chi connectivity index (χ0v) is 20.0. The summed E-state index contributed by atoms with van der Waals surface area (Å²) in [5, 5.41) is 0. The zero-order valence-electron chi connectivity index (χ0n) is 19.1. The summed E-state index contributed by atoms with van der Waals surface area (Å²) in [6, 6.07) is 12.5. The number of sulfonamides is 1. The molecule has 3 rings (SSSR count). The van der Waals surface area contributed by atoms with Crippen LogP contribution in [0.4, 0.5) is 5.69 Å². The van der Waals surface area contributed by atoms with E-state index in [4.69, 9.17) is 4.74 Å². The molecule has 32 heavy (non-hydrogen) atoms. The first-order valence-corrected chi connectivity index (χ1v) is 12.6. The topological polar surface area (TPSA) is 78.9 Å². The smallest absolute Gasteiger partial charge is 0.260 e. The lowest BCUT2D eigenvalue weighted by atomic mass is 10.1. The third-order valence-electron chi connectivity index (χ3n) is 5.87. The van der Waals surface area contributed by atoms with Crippen molar-refractivity contribution in [1.82, 2.24) is 9.62 Å². The van der Waals surface area contributed by atoms with Gasteiger partial charge >= 0.3 is 0 Å². The van der Waals surface area contributed by atoms with Gasteiger partial charge in [0.05, 0.1) is 4.90 Å². The number of nitrogens with zero attached hydrogens (tertiary/aromatic N) is 2. The minimum Gasteiger partial charge on any atom is -0.484 e. The molecule has 1 aliphatic rings. The average Bonchev–Trinajstić information content (AvgIpc) is 2.80. The minimum absolute atomic E-state index is 0.0652. The highest BCUT2D eigenvalue weighted by Gasteiger charge is 2.22. The van der Waals surface area contributed by atoms with Gasteiger partial charge in [-0.15, -0.1) is 0 Å². The maximum absolute atomic E-state index is 12.6. The number of benzene rings is 2. The summed E-state index contributed by atoms with van der Waals surface area (Å²) in [6.45, 7) is 9.47. The molecule has 7 nitrogen and oxygen atoms in total. The molecule has 1 fully saturated rings. The van der Waals surface area contributed by atoms with Gasteiger partial charge in [-0.25, -0.2) is 13.1 Å². The summed E-state index contributed by atoms with van der Waals surface area (Å²) in [4.78, 5) is 16.9. The largest absolute Gasteiger partial charge is 0.484 e. The van der Waals surface area contributed by atoms with E-state index in [0.29, 0.717) is 25.4 Å². The van der Waals surface area contributed by atoms with Crippen molar-refractivity contribution >= 4 is 21.6 Å². The average molecular weight is 460 g/mol.